The summed E-state index contributed by atoms with van der Waals surface area (Å²) in [6.45, 7) is 14.4. The molecule has 1 saturated heterocycles. The van der Waals surface area contributed by atoms with E-state index in [1.165, 1.54) is 0 Å². The Balaban J connectivity index is 1.58. The number of likely N-dealkylation sites (N-methyl/N-ethyl adjacent to an activating group) is 1. The van der Waals surface area contributed by atoms with Gasteiger partial charge in [-0.2, -0.15) is 0 Å². The highest BCUT2D eigenvalue weighted by Gasteiger charge is 2.21. The van der Waals surface area contributed by atoms with Crippen LogP contribution in [0.3, 0.4) is 0 Å². The van der Waals surface area contributed by atoms with Crippen LogP contribution in [-0.2, 0) is 5.41 Å². The van der Waals surface area contributed by atoms with Gasteiger partial charge in [0, 0.05) is 44.2 Å². The minimum Gasteiger partial charge on any atom is -0.359 e. The maximum absolute atomic E-state index is 4.69. The highest BCUT2D eigenvalue weighted by molar-refractivity contribution is 7.20. The predicted molar refractivity (Wildman–Crippen MR) is 96.6 cm³/mol. The first-order valence-corrected chi connectivity index (χ1v) is 9.18. The molecule has 1 atom stereocenters. The van der Waals surface area contributed by atoms with E-state index in [2.05, 4.69) is 55.0 Å². The molecule has 6 nitrogen and oxygen atoms in total. The van der Waals surface area contributed by atoms with Gasteiger partial charge in [-0.1, -0.05) is 32.1 Å². The van der Waals surface area contributed by atoms with Crippen molar-refractivity contribution in [2.45, 2.75) is 39.2 Å². The normalized spacial score (nSPS) is 19.3. The molecule has 1 aliphatic heterocycles. The molecule has 0 aromatic carbocycles. The highest BCUT2D eigenvalue weighted by atomic mass is 32.1. The van der Waals surface area contributed by atoms with Crippen molar-refractivity contribution in [2.24, 2.45) is 0 Å². The molecular weight excluding hydrogens is 308 g/mol. The van der Waals surface area contributed by atoms with Crippen LogP contribution in [-0.4, -0.2) is 70.2 Å². The van der Waals surface area contributed by atoms with E-state index in [-0.39, 0.29) is 5.41 Å². The topological polar surface area (TPSA) is 48.7 Å². The fraction of sp³-hybridized carbons (Fsp3) is 0.750. The van der Waals surface area contributed by atoms with Crippen LogP contribution in [0.1, 0.15) is 33.4 Å². The summed E-state index contributed by atoms with van der Waals surface area (Å²) in [6.07, 6.45) is 2.04. The molecule has 7 heteroatoms. The van der Waals surface area contributed by atoms with Crippen molar-refractivity contribution in [3.63, 3.8) is 0 Å². The van der Waals surface area contributed by atoms with Gasteiger partial charge in [0.05, 0.1) is 11.9 Å². The van der Waals surface area contributed by atoms with E-state index in [1.54, 1.807) is 11.3 Å². The lowest BCUT2D eigenvalue weighted by molar-refractivity contribution is 0.123. The second kappa shape index (κ2) is 6.37. The van der Waals surface area contributed by atoms with Crippen LogP contribution in [0.25, 0.3) is 4.96 Å². The van der Waals surface area contributed by atoms with Crippen LogP contribution in [0.2, 0.25) is 0 Å². The maximum atomic E-state index is 4.69. The summed E-state index contributed by atoms with van der Waals surface area (Å²) in [5.41, 5.74) is 1.16. The lowest BCUT2D eigenvalue weighted by Gasteiger charge is -2.36. The zero-order valence-electron chi connectivity index (χ0n) is 14.8. The Bertz CT molecular complexity index is 616. The van der Waals surface area contributed by atoms with Gasteiger partial charge in [0.15, 0.2) is 0 Å². The Morgan fingerprint density at radius 3 is 2.57 bits per heavy atom. The van der Waals surface area contributed by atoms with Crippen LogP contribution in [0.4, 0.5) is 5.13 Å². The van der Waals surface area contributed by atoms with Crippen molar-refractivity contribution in [3.8, 4) is 0 Å². The van der Waals surface area contributed by atoms with Crippen LogP contribution in [0, 0.1) is 0 Å². The van der Waals surface area contributed by atoms with Crippen molar-refractivity contribution in [1.82, 2.24) is 24.4 Å². The zero-order chi connectivity index (χ0) is 16.6. The van der Waals surface area contributed by atoms with Gasteiger partial charge in [0.25, 0.3) is 0 Å². The molecule has 0 radical (unpaired) electrons. The molecule has 1 aliphatic rings. The molecule has 3 rings (SSSR count). The van der Waals surface area contributed by atoms with Gasteiger partial charge in [0.2, 0.25) is 10.1 Å². The number of piperazine rings is 1. The first-order valence-electron chi connectivity index (χ1n) is 8.36. The fourth-order valence-electron chi connectivity index (χ4n) is 2.76. The van der Waals surface area contributed by atoms with E-state index in [0.29, 0.717) is 6.04 Å². The molecular formula is C16H28N6S. The average Bonchev–Trinajstić information content (AvgIpc) is 3.03. The quantitative estimate of drug-likeness (QED) is 0.927. The summed E-state index contributed by atoms with van der Waals surface area (Å²) in [7, 11) is 2.19. The van der Waals surface area contributed by atoms with Gasteiger partial charge in [0.1, 0.15) is 0 Å². The largest absolute Gasteiger partial charge is 0.359 e. The molecule has 0 spiro atoms. The van der Waals surface area contributed by atoms with E-state index >= 15 is 0 Å². The number of imidazole rings is 1. The number of rotatable bonds is 4. The average molecular weight is 337 g/mol. The van der Waals surface area contributed by atoms with E-state index < -0.39 is 0 Å². The molecule has 0 amide bonds. The Kier molecular flexibility index (Phi) is 4.62. The van der Waals surface area contributed by atoms with E-state index in [0.717, 1.165) is 48.5 Å². The smallest absolute Gasteiger partial charge is 0.214 e. The van der Waals surface area contributed by atoms with Gasteiger partial charge in [-0.25, -0.2) is 9.50 Å². The van der Waals surface area contributed by atoms with Gasteiger partial charge < -0.3 is 10.2 Å². The molecule has 0 aliphatic carbocycles. The van der Waals surface area contributed by atoms with E-state index in [4.69, 9.17) is 4.98 Å². The first kappa shape index (κ1) is 16.7. The Morgan fingerprint density at radius 1 is 1.26 bits per heavy atom. The third kappa shape index (κ3) is 3.84. The van der Waals surface area contributed by atoms with E-state index in [9.17, 15) is 0 Å². The van der Waals surface area contributed by atoms with Gasteiger partial charge in [-0.05, 0) is 14.0 Å². The third-order valence-electron chi connectivity index (χ3n) is 4.52. The zero-order valence-corrected chi connectivity index (χ0v) is 15.7. The fourth-order valence-corrected chi connectivity index (χ4v) is 3.55. The monoisotopic (exact) mass is 336 g/mol. The molecule has 1 fully saturated rings. The lowest BCUT2D eigenvalue weighted by atomic mass is 9.93. The minimum atomic E-state index is 0.0664. The number of hydrogen-bond acceptors (Lipinski definition) is 6. The van der Waals surface area contributed by atoms with Crippen molar-refractivity contribution in [2.75, 3.05) is 45.1 Å². The van der Waals surface area contributed by atoms with Crippen LogP contribution >= 0.6 is 11.3 Å². The van der Waals surface area contributed by atoms with Gasteiger partial charge >= 0.3 is 0 Å². The van der Waals surface area contributed by atoms with Crippen molar-refractivity contribution in [3.05, 3.63) is 11.9 Å². The maximum Gasteiger partial charge on any atom is 0.214 e. The molecule has 23 heavy (non-hydrogen) atoms. The number of fused-ring (bicyclic) bond motifs is 1. The SMILES string of the molecule is CC(CNc1nn2cc(C(C)(C)C)nc2s1)N1CCN(C)CC1. The second-order valence-corrected chi connectivity index (χ2v) is 8.54. The van der Waals surface area contributed by atoms with Crippen molar-refractivity contribution in [1.29, 1.82) is 0 Å². The molecule has 1 unspecified atom stereocenters. The number of hydrogen-bond donors (Lipinski definition) is 1. The van der Waals surface area contributed by atoms with Gasteiger partial charge in [-0.3, -0.25) is 4.90 Å². The highest BCUT2D eigenvalue weighted by Crippen LogP contribution is 2.25. The summed E-state index contributed by atoms with van der Waals surface area (Å²) >= 11 is 1.63. The standard InChI is InChI=1S/C16H28N6S/c1-12(21-8-6-20(5)7-9-21)10-17-14-19-22-11-13(16(2,3)4)18-15(22)23-14/h11-12H,6-10H2,1-5H3,(H,17,19). The Hall–Kier alpha value is -1.18. The first-order chi connectivity index (χ1) is 10.8. The Labute approximate surface area is 142 Å². The van der Waals surface area contributed by atoms with Crippen molar-refractivity contribution < 1.29 is 0 Å². The molecule has 3 heterocycles. The number of nitrogens with one attached hydrogen (secondary N) is 1. The van der Waals surface area contributed by atoms with Crippen LogP contribution in [0.15, 0.2) is 6.20 Å². The van der Waals surface area contributed by atoms with E-state index in [1.807, 2.05) is 10.7 Å². The molecule has 2 aromatic rings. The van der Waals surface area contributed by atoms with Gasteiger partial charge in [-0.15, -0.1) is 5.10 Å². The van der Waals surface area contributed by atoms with Crippen LogP contribution in [0.5, 0.6) is 0 Å². The van der Waals surface area contributed by atoms with Crippen molar-refractivity contribution >= 4 is 21.4 Å². The molecule has 2 aromatic heterocycles. The number of anilines is 1. The molecule has 0 saturated carbocycles. The van der Waals surface area contributed by atoms with Crippen LogP contribution < -0.4 is 5.32 Å². The summed E-state index contributed by atoms with van der Waals surface area (Å²) in [4.78, 5) is 10.6. The number of aromatic nitrogens is 3. The molecule has 0 bridgehead atoms. The predicted octanol–water partition coefficient (Wildman–Crippen LogP) is 2.14. The molecule has 1 N–H and O–H groups in total. The summed E-state index contributed by atoms with van der Waals surface area (Å²) in [5.74, 6) is 0. The summed E-state index contributed by atoms with van der Waals surface area (Å²) < 4.78 is 1.90. The lowest BCUT2D eigenvalue weighted by Crippen LogP contribution is -2.49. The number of nitrogens with zero attached hydrogens (tertiary/aromatic N) is 5. The summed E-state index contributed by atoms with van der Waals surface area (Å²) in [6, 6.07) is 0.519. The Morgan fingerprint density at radius 2 is 1.96 bits per heavy atom. The third-order valence-corrected chi connectivity index (χ3v) is 5.40. The second-order valence-electron chi connectivity index (χ2n) is 7.58. The minimum absolute atomic E-state index is 0.0664. The summed E-state index contributed by atoms with van der Waals surface area (Å²) in [5, 5.41) is 9.04. The molecule has 128 valence electrons.